The first-order valence-corrected chi connectivity index (χ1v) is 5.07. The number of ketones is 1. The lowest BCUT2D eigenvalue weighted by atomic mass is 10.2. The van der Waals surface area contributed by atoms with Crippen molar-refractivity contribution in [2.75, 3.05) is 6.54 Å². The molecule has 0 aromatic heterocycles. The maximum Gasteiger partial charge on any atom is 0.230 e. The molecule has 78 valence electrons. The van der Waals surface area contributed by atoms with E-state index in [9.17, 15) is 9.59 Å². The number of rotatable bonds is 2. The van der Waals surface area contributed by atoms with Crippen LogP contribution in [0.2, 0.25) is 5.02 Å². The molecule has 1 heterocycles. The van der Waals surface area contributed by atoms with Crippen molar-refractivity contribution in [3.63, 3.8) is 0 Å². The van der Waals surface area contributed by atoms with Crippen molar-refractivity contribution in [2.45, 2.75) is 13.0 Å². The van der Waals surface area contributed by atoms with Crippen LogP contribution in [-0.2, 0) is 16.1 Å². The molecule has 1 amide bonds. The Morgan fingerprint density at radius 2 is 2.00 bits per heavy atom. The third-order valence-electron chi connectivity index (χ3n) is 2.39. The van der Waals surface area contributed by atoms with E-state index in [4.69, 9.17) is 11.6 Å². The van der Waals surface area contributed by atoms with Crippen molar-refractivity contribution in [3.05, 3.63) is 34.9 Å². The summed E-state index contributed by atoms with van der Waals surface area (Å²) in [6, 6.07) is 7.34. The number of nitrogens with zero attached hydrogens (tertiary/aromatic N) is 1. The molecule has 1 aromatic carbocycles. The molecule has 0 atom stereocenters. The van der Waals surface area contributed by atoms with Crippen molar-refractivity contribution in [1.82, 2.24) is 4.90 Å². The fourth-order valence-electron chi connectivity index (χ4n) is 1.61. The summed E-state index contributed by atoms with van der Waals surface area (Å²) in [6.45, 7) is 0.633. The zero-order chi connectivity index (χ0) is 10.8. The molecule has 0 unspecified atom stereocenters. The molecule has 1 aliphatic rings. The lowest BCUT2D eigenvalue weighted by Gasteiger charge is -2.15. The zero-order valence-electron chi connectivity index (χ0n) is 8.07. The van der Waals surface area contributed by atoms with Gasteiger partial charge in [0, 0.05) is 11.6 Å². The number of carbonyl (C=O) groups is 2. The van der Waals surface area contributed by atoms with Gasteiger partial charge in [-0.1, -0.05) is 29.8 Å². The van der Waals surface area contributed by atoms with Crippen LogP contribution < -0.4 is 0 Å². The fourth-order valence-corrected chi connectivity index (χ4v) is 1.81. The van der Waals surface area contributed by atoms with Crippen molar-refractivity contribution < 1.29 is 9.59 Å². The fraction of sp³-hybridized carbons (Fsp3) is 0.273. The Hall–Kier alpha value is -1.35. The van der Waals surface area contributed by atoms with Gasteiger partial charge >= 0.3 is 0 Å². The van der Waals surface area contributed by atoms with Gasteiger partial charge in [0.25, 0.3) is 0 Å². The first kappa shape index (κ1) is 10.2. The van der Waals surface area contributed by atoms with Gasteiger partial charge in [-0.15, -0.1) is 0 Å². The lowest BCUT2D eigenvalue weighted by molar-refractivity contribution is -0.128. The lowest BCUT2D eigenvalue weighted by Crippen LogP contribution is -2.24. The minimum Gasteiger partial charge on any atom is -0.331 e. The minimum atomic E-state index is -0.111. The minimum absolute atomic E-state index is 0.0212. The molecule has 1 saturated heterocycles. The van der Waals surface area contributed by atoms with Gasteiger partial charge in [0.2, 0.25) is 5.91 Å². The molecular formula is C11H10ClNO2. The molecule has 15 heavy (non-hydrogen) atoms. The van der Waals surface area contributed by atoms with Crippen molar-refractivity contribution >= 4 is 23.3 Å². The smallest absolute Gasteiger partial charge is 0.230 e. The maximum absolute atomic E-state index is 11.4. The van der Waals surface area contributed by atoms with E-state index in [1.165, 1.54) is 4.90 Å². The van der Waals surface area contributed by atoms with Gasteiger partial charge in [-0.3, -0.25) is 9.59 Å². The second-order valence-electron chi connectivity index (χ2n) is 3.56. The standard InChI is InChI=1S/C11H10ClNO2/c12-10-4-2-1-3-8(10)6-13-7-9(14)5-11(13)15/h1-4H,5-7H2. The number of Topliss-reactive ketones (excluding diaryl/α,β-unsaturated/α-hetero) is 1. The second kappa shape index (κ2) is 4.03. The molecule has 0 saturated carbocycles. The highest BCUT2D eigenvalue weighted by Gasteiger charge is 2.27. The van der Waals surface area contributed by atoms with Crippen LogP contribution in [0.15, 0.2) is 24.3 Å². The third kappa shape index (κ3) is 2.18. The molecule has 0 N–H and O–H groups in total. The third-order valence-corrected chi connectivity index (χ3v) is 2.76. The van der Waals surface area contributed by atoms with Crippen molar-refractivity contribution in [3.8, 4) is 0 Å². The van der Waals surface area contributed by atoms with E-state index in [0.29, 0.717) is 11.6 Å². The molecule has 3 nitrogen and oxygen atoms in total. The molecule has 0 aliphatic carbocycles. The number of hydrogen-bond donors (Lipinski definition) is 0. The van der Waals surface area contributed by atoms with E-state index in [-0.39, 0.29) is 24.7 Å². The maximum atomic E-state index is 11.4. The van der Waals surface area contributed by atoms with Gasteiger partial charge in [0.1, 0.15) is 0 Å². The molecule has 1 aliphatic heterocycles. The van der Waals surface area contributed by atoms with E-state index in [1.807, 2.05) is 18.2 Å². The SMILES string of the molecule is O=C1CC(=O)N(Cc2ccccc2Cl)C1. The van der Waals surface area contributed by atoms with Gasteiger partial charge in [-0.25, -0.2) is 0 Å². The molecule has 1 aromatic rings. The van der Waals surface area contributed by atoms with Gasteiger partial charge < -0.3 is 4.90 Å². The molecule has 0 radical (unpaired) electrons. The summed E-state index contributed by atoms with van der Waals surface area (Å²) in [7, 11) is 0. The monoisotopic (exact) mass is 223 g/mol. The first-order chi connectivity index (χ1) is 7.16. The van der Waals surface area contributed by atoms with E-state index in [2.05, 4.69) is 0 Å². The average molecular weight is 224 g/mol. The van der Waals surface area contributed by atoms with Gasteiger partial charge in [0.15, 0.2) is 5.78 Å². The number of hydrogen-bond acceptors (Lipinski definition) is 2. The molecule has 0 spiro atoms. The van der Waals surface area contributed by atoms with Crippen LogP contribution in [0.3, 0.4) is 0 Å². The van der Waals surface area contributed by atoms with Crippen molar-refractivity contribution in [1.29, 1.82) is 0 Å². The Morgan fingerprint density at radius 1 is 1.27 bits per heavy atom. The van der Waals surface area contributed by atoms with Crippen LogP contribution >= 0.6 is 11.6 Å². The molecule has 4 heteroatoms. The summed E-state index contributed by atoms with van der Waals surface area (Å²) in [5.74, 6) is -0.132. The largest absolute Gasteiger partial charge is 0.331 e. The molecule has 1 fully saturated rings. The predicted molar refractivity (Wildman–Crippen MR) is 56.5 cm³/mol. The number of halogens is 1. The zero-order valence-corrected chi connectivity index (χ0v) is 8.83. The summed E-state index contributed by atoms with van der Waals surface area (Å²) in [5, 5.41) is 0.629. The topological polar surface area (TPSA) is 37.4 Å². The van der Waals surface area contributed by atoms with Gasteiger partial charge in [0.05, 0.1) is 13.0 Å². The molecular weight excluding hydrogens is 214 g/mol. The predicted octanol–water partition coefficient (Wildman–Crippen LogP) is 1.64. The second-order valence-corrected chi connectivity index (χ2v) is 3.96. The summed E-state index contributed by atoms with van der Waals surface area (Å²) in [5.41, 5.74) is 0.877. The van der Waals surface area contributed by atoms with E-state index < -0.39 is 0 Å². The number of carbonyl (C=O) groups excluding carboxylic acids is 2. The normalized spacial score (nSPS) is 16.2. The summed E-state index contributed by atoms with van der Waals surface area (Å²) >= 11 is 5.96. The van der Waals surface area contributed by atoms with Crippen LogP contribution in [0.4, 0.5) is 0 Å². The molecule has 2 rings (SSSR count). The Bertz CT molecular complexity index is 417. The van der Waals surface area contributed by atoms with E-state index >= 15 is 0 Å². The molecule has 0 bridgehead atoms. The quantitative estimate of drug-likeness (QED) is 0.715. The van der Waals surface area contributed by atoms with Gasteiger partial charge in [-0.05, 0) is 11.6 Å². The van der Waals surface area contributed by atoms with Crippen LogP contribution in [0.5, 0.6) is 0 Å². The highest BCUT2D eigenvalue weighted by Crippen LogP contribution is 2.19. The van der Waals surface area contributed by atoms with Crippen LogP contribution in [0.1, 0.15) is 12.0 Å². The Morgan fingerprint density at radius 3 is 2.60 bits per heavy atom. The first-order valence-electron chi connectivity index (χ1n) is 4.69. The number of likely N-dealkylation sites (tertiary alicyclic amines) is 1. The Labute approximate surface area is 92.6 Å². The Kier molecular flexibility index (Phi) is 2.73. The van der Waals surface area contributed by atoms with Crippen LogP contribution in [-0.4, -0.2) is 23.1 Å². The average Bonchev–Trinajstić information content (AvgIpc) is 2.49. The van der Waals surface area contributed by atoms with Crippen LogP contribution in [0.25, 0.3) is 0 Å². The van der Waals surface area contributed by atoms with E-state index in [0.717, 1.165) is 5.56 Å². The highest BCUT2D eigenvalue weighted by molar-refractivity contribution is 6.31. The summed E-state index contributed by atoms with van der Waals surface area (Å²) in [6.07, 6.45) is 0.0322. The highest BCUT2D eigenvalue weighted by atomic mass is 35.5. The van der Waals surface area contributed by atoms with Crippen molar-refractivity contribution in [2.24, 2.45) is 0 Å². The number of benzene rings is 1. The summed E-state index contributed by atoms with van der Waals surface area (Å²) in [4.78, 5) is 23.9. The summed E-state index contributed by atoms with van der Waals surface area (Å²) < 4.78 is 0. The van der Waals surface area contributed by atoms with Gasteiger partial charge in [-0.2, -0.15) is 0 Å². The number of amides is 1. The Balaban J connectivity index is 2.13. The van der Waals surface area contributed by atoms with Crippen LogP contribution in [0, 0.1) is 0 Å². The van der Waals surface area contributed by atoms with E-state index in [1.54, 1.807) is 6.07 Å².